The predicted molar refractivity (Wildman–Crippen MR) is 116 cm³/mol. The zero-order valence-corrected chi connectivity index (χ0v) is 16.3. The van der Waals surface area contributed by atoms with Crippen LogP contribution in [0.2, 0.25) is 0 Å². The number of hydrogen-bond donors (Lipinski definition) is 2. The monoisotopic (exact) mass is 392 g/mol. The van der Waals surface area contributed by atoms with Gasteiger partial charge in [-0.05, 0) is 17.2 Å². The minimum atomic E-state index is 0.000892. The van der Waals surface area contributed by atoms with Crippen molar-refractivity contribution in [3.05, 3.63) is 70.9 Å². The summed E-state index contributed by atoms with van der Waals surface area (Å²) >= 11 is 0. The quantitative estimate of drug-likeness (QED) is 0.690. The summed E-state index contributed by atoms with van der Waals surface area (Å²) in [6.07, 6.45) is 7.83. The summed E-state index contributed by atoms with van der Waals surface area (Å²) in [5, 5.41) is 7.20. The number of benzene rings is 2. The number of aromatic nitrogens is 2. The van der Waals surface area contributed by atoms with Gasteiger partial charge >= 0.3 is 0 Å². The third kappa shape index (κ3) is 2.26. The summed E-state index contributed by atoms with van der Waals surface area (Å²) in [6.45, 7) is 0. The largest absolute Gasteiger partial charge is 0.285 e. The highest BCUT2D eigenvalue weighted by Crippen LogP contribution is 2.44. The molecule has 146 valence electrons. The van der Waals surface area contributed by atoms with Crippen LogP contribution in [-0.4, -0.2) is 22.4 Å². The van der Waals surface area contributed by atoms with Gasteiger partial charge in [-0.15, -0.1) is 0 Å². The second-order valence-electron chi connectivity index (χ2n) is 8.26. The molecule has 0 aliphatic carbocycles. The van der Waals surface area contributed by atoms with E-state index in [0.29, 0.717) is 12.1 Å². The van der Waals surface area contributed by atoms with E-state index in [2.05, 4.69) is 62.0 Å². The van der Waals surface area contributed by atoms with Crippen molar-refractivity contribution in [1.29, 1.82) is 0 Å². The van der Waals surface area contributed by atoms with Crippen molar-refractivity contribution in [3.8, 4) is 22.6 Å². The molecule has 4 aliphatic rings. The van der Waals surface area contributed by atoms with Gasteiger partial charge in [-0.1, -0.05) is 36.4 Å². The molecule has 4 unspecified atom stereocenters. The maximum Gasteiger partial charge on any atom is 0.160 e. The lowest BCUT2D eigenvalue weighted by Crippen LogP contribution is -2.20. The molecule has 0 fully saturated rings. The van der Waals surface area contributed by atoms with Crippen LogP contribution in [0.3, 0.4) is 0 Å². The molecule has 0 spiro atoms. The Morgan fingerprint density at radius 3 is 2.07 bits per heavy atom. The number of fused-ring (bicyclic) bond motifs is 10. The van der Waals surface area contributed by atoms with Crippen LogP contribution < -0.4 is 10.6 Å². The minimum Gasteiger partial charge on any atom is -0.285 e. The van der Waals surface area contributed by atoms with Gasteiger partial charge in [0.25, 0.3) is 0 Å². The molecule has 0 amide bonds. The van der Waals surface area contributed by atoms with Crippen molar-refractivity contribution in [2.45, 2.75) is 37.3 Å². The number of hydrogen-bond acceptors (Lipinski definition) is 6. The fourth-order valence-corrected chi connectivity index (χ4v) is 5.34. The summed E-state index contributed by atoms with van der Waals surface area (Å²) in [5.74, 6) is 0.754. The smallest absolute Gasteiger partial charge is 0.160 e. The molecule has 4 bridgehead atoms. The fourth-order valence-electron chi connectivity index (χ4n) is 5.34. The van der Waals surface area contributed by atoms with E-state index >= 15 is 0 Å². The molecule has 4 aliphatic heterocycles. The maximum absolute atomic E-state index is 5.03. The molecule has 1 aromatic heterocycles. The van der Waals surface area contributed by atoms with Crippen molar-refractivity contribution < 1.29 is 0 Å². The van der Waals surface area contributed by atoms with Gasteiger partial charge in [0.05, 0.1) is 5.69 Å². The summed E-state index contributed by atoms with van der Waals surface area (Å²) < 4.78 is 0. The average molecular weight is 392 g/mol. The molecule has 0 radical (unpaired) electrons. The van der Waals surface area contributed by atoms with Crippen LogP contribution in [0.25, 0.3) is 22.6 Å². The Kier molecular flexibility index (Phi) is 3.39. The highest BCUT2D eigenvalue weighted by atomic mass is 15.1. The van der Waals surface area contributed by atoms with Gasteiger partial charge in [-0.2, -0.15) is 0 Å². The summed E-state index contributed by atoms with van der Waals surface area (Å²) in [5.41, 5.74) is 8.26. The average Bonchev–Trinajstić information content (AvgIpc) is 3.22. The Labute approximate surface area is 174 Å². The Hall–Kier alpha value is -3.22. The van der Waals surface area contributed by atoms with Gasteiger partial charge in [0.2, 0.25) is 0 Å². The van der Waals surface area contributed by atoms with Crippen molar-refractivity contribution in [2.24, 2.45) is 9.98 Å². The second-order valence-corrected chi connectivity index (χ2v) is 8.26. The summed E-state index contributed by atoms with van der Waals surface area (Å²) in [6, 6.07) is 15.6. The molecule has 7 rings (SSSR count). The molecule has 4 atom stereocenters. The predicted octanol–water partition coefficient (Wildman–Crippen LogP) is 4.05. The number of nitrogens with one attached hydrogen (secondary N) is 2. The van der Waals surface area contributed by atoms with E-state index in [0.717, 1.165) is 35.5 Å². The highest BCUT2D eigenvalue weighted by Gasteiger charge is 2.36. The first-order chi connectivity index (χ1) is 14.9. The molecular formula is C24H20N6. The molecule has 5 heterocycles. The molecule has 0 saturated carbocycles. The molecule has 6 heteroatoms. The van der Waals surface area contributed by atoms with Gasteiger partial charge in [0.1, 0.15) is 12.3 Å². The molecular weight excluding hydrogens is 372 g/mol. The standard InChI is InChI=1S/C24H20N6/c1-3-13(20-14(4-1)18-8-11-26-23(20)29-18)17-7-10-25-22(28-17)16-6-2-5-15-19-9-12-27-24(30-19)21(15)16/h1-7,10-12,18-19,23-24,29-30H,8-9H2. The van der Waals surface area contributed by atoms with Gasteiger partial charge in [0, 0.05) is 65.8 Å². The molecule has 6 nitrogen and oxygen atoms in total. The lowest BCUT2D eigenvalue weighted by Gasteiger charge is -2.16. The van der Waals surface area contributed by atoms with E-state index in [1.54, 1.807) is 0 Å². The molecule has 2 aromatic carbocycles. The summed E-state index contributed by atoms with van der Waals surface area (Å²) in [4.78, 5) is 19.0. The second kappa shape index (κ2) is 6.14. The highest BCUT2D eigenvalue weighted by molar-refractivity contribution is 5.74. The van der Waals surface area contributed by atoms with E-state index in [1.807, 2.05) is 24.7 Å². The third-order valence-electron chi connectivity index (χ3n) is 6.66. The Morgan fingerprint density at radius 1 is 0.733 bits per heavy atom. The Balaban J connectivity index is 1.38. The number of aliphatic imine (C=N–C) groups is 2. The summed E-state index contributed by atoms with van der Waals surface area (Å²) in [7, 11) is 0. The molecule has 30 heavy (non-hydrogen) atoms. The first-order valence-electron chi connectivity index (χ1n) is 10.5. The molecule has 3 aromatic rings. The maximum atomic E-state index is 5.03. The fraction of sp³-hybridized carbons (Fsp3) is 0.250. The van der Waals surface area contributed by atoms with E-state index < -0.39 is 0 Å². The Morgan fingerprint density at radius 2 is 1.37 bits per heavy atom. The van der Waals surface area contributed by atoms with Gasteiger partial charge in [0.15, 0.2) is 5.82 Å². The normalized spacial score (nSPS) is 27.2. The van der Waals surface area contributed by atoms with Crippen LogP contribution in [0, 0.1) is 0 Å². The first kappa shape index (κ1) is 16.6. The lowest BCUT2D eigenvalue weighted by molar-refractivity contribution is 0.500. The van der Waals surface area contributed by atoms with E-state index in [4.69, 9.17) is 4.98 Å². The van der Waals surface area contributed by atoms with E-state index in [-0.39, 0.29) is 12.3 Å². The SMILES string of the molecule is C1=NC2NC(C1)c1cccc(-c3ccnc(-c4cccc5c4C4N=CCC5N4)n3)c12. The van der Waals surface area contributed by atoms with Crippen LogP contribution >= 0.6 is 0 Å². The zero-order chi connectivity index (χ0) is 19.7. The van der Waals surface area contributed by atoms with Gasteiger partial charge in [-0.25, -0.2) is 9.97 Å². The number of nitrogens with zero attached hydrogens (tertiary/aromatic N) is 4. The third-order valence-corrected chi connectivity index (χ3v) is 6.66. The van der Waals surface area contributed by atoms with Crippen LogP contribution in [0.5, 0.6) is 0 Å². The minimum absolute atomic E-state index is 0.000892. The van der Waals surface area contributed by atoms with E-state index in [9.17, 15) is 0 Å². The van der Waals surface area contributed by atoms with Gasteiger partial charge < -0.3 is 0 Å². The van der Waals surface area contributed by atoms with Crippen LogP contribution in [-0.2, 0) is 0 Å². The van der Waals surface area contributed by atoms with Crippen LogP contribution in [0.15, 0.2) is 58.6 Å². The van der Waals surface area contributed by atoms with E-state index in [1.165, 1.54) is 22.3 Å². The first-order valence-corrected chi connectivity index (χ1v) is 10.5. The molecule has 2 N–H and O–H groups in total. The van der Waals surface area contributed by atoms with Crippen LogP contribution in [0.4, 0.5) is 0 Å². The van der Waals surface area contributed by atoms with Crippen molar-refractivity contribution in [2.75, 3.05) is 0 Å². The number of rotatable bonds is 2. The van der Waals surface area contributed by atoms with Crippen molar-refractivity contribution in [1.82, 2.24) is 20.6 Å². The van der Waals surface area contributed by atoms with Crippen molar-refractivity contribution in [3.63, 3.8) is 0 Å². The van der Waals surface area contributed by atoms with Crippen molar-refractivity contribution >= 4 is 12.4 Å². The Bertz CT molecular complexity index is 1150. The zero-order valence-electron chi connectivity index (χ0n) is 16.3. The molecule has 0 saturated heterocycles. The van der Waals surface area contributed by atoms with Crippen LogP contribution in [0.1, 0.15) is 59.5 Å². The lowest BCUT2D eigenvalue weighted by atomic mass is 9.95. The topological polar surface area (TPSA) is 74.6 Å². The van der Waals surface area contributed by atoms with Gasteiger partial charge in [-0.3, -0.25) is 20.6 Å².